The fourth-order valence-electron chi connectivity index (χ4n) is 1.72. The molecule has 0 bridgehead atoms. The molecule has 0 aliphatic carbocycles. The Morgan fingerprint density at radius 1 is 1.53 bits per heavy atom. The number of hydrogen-bond acceptors (Lipinski definition) is 4. The van der Waals surface area contributed by atoms with Crippen molar-refractivity contribution < 1.29 is 14.4 Å². The molecule has 17 heavy (non-hydrogen) atoms. The predicted octanol–water partition coefficient (Wildman–Crippen LogP) is 1.82. The molecule has 0 amide bonds. The minimum absolute atomic E-state index is 0.105. The number of aryl methyl sites for hydroxylation is 2. The SMILES string of the molecule is CCc1onc(-c2nccn2CC)c1C(=O)O. The van der Waals surface area contributed by atoms with Crippen LogP contribution in [0.5, 0.6) is 0 Å². The summed E-state index contributed by atoms with van der Waals surface area (Å²) in [5.41, 5.74) is 0.398. The second-order valence-corrected chi connectivity index (χ2v) is 3.52. The van der Waals surface area contributed by atoms with Gasteiger partial charge in [0.2, 0.25) is 0 Å². The summed E-state index contributed by atoms with van der Waals surface area (Å²) in [5.74, 6) is -0.143. The van der Waals surface area contributed by atoms with E-state index in [1.165, 1.54) is 0 Å². The van der Waals surface area contributed by atoms with Crippen LogP contribution in [0, 0.1) is 0 Å². The molecular weight excluding hydrogens is 222 g/mol. The maximum absolute atomic E-state index is 11.2. The van der Waals surface area contributed by atoms with Crippen molar-refractivity contribution in [2.45, 2.75) is 26.8 Å². The lowest BCUT2D eigenvalue weighted by Gasteiger charge is -2.01. The van der Waals surface area contributed by atoms with Gasteiger partial charge < -0.3 is 14.2 Å². The molecule has 0 fully saturated rings. The van der Waals surface area contributed by atoms with Gasteiger partial charge in [0.15, 0.2) is 17.3 Å². The van der Waals surface area contributed by atoms with Crippen molar-refractivity contribution >= 4 is 5.97 Å². The van der Waals surface area contributed by atoms with Crippen molar-refractivity contribution in [3.63, 3.8) is 0 Å². The van der Waals surface area contributed by atoms with Crippen molar-refractivity contribution in [2.75, 3.05) is 0 Å². The lowest BCUT2D eigenvalue weighted by atomic mass is 10.1. The zero-order chi connectivity index (χ0) is 12.4. The highest BCUT2D eigenvalue weighted by Crippen LogP contribution is 2.24. The van der Waals surface area contributed by atoms with E-state index in [1.807, 2.05) is 18.4 Å². The third-order valence-electron chi connectivity index (χ3n) is 2.57. The lowest BCUT2D eigenvalue weighted by molar-refractivity contribution is 0.0695. The third kappa shape index (κ3) is 1.82. The monoisotopic (exact) mass is 235 g/mol. The fraction of sp³-hybridized carbons (Fsp3) is 0.364. The van der Waals surface area contributed by atoms with Crippen LogP contribution >= 0.6 is 0 Å². The first kappa shape index (κ1) is 11.4. The van der Waals surface area contributed by atoms with Gasteiger partial charge in [-0.25, -0.2) is 9.78 Å². The van der Waals surface area contributed by atoms with E-state index in [4.69, 9.17) is 4.52 Å². The van der Waals surface area contributed by atoms with Crippen molar-refractivity contribution in [3.05, 3.63) is 23.7 Å². The molecule has 0 atom stereocenters. The Morgan fingerprint density at radius 3 is 2.88 bits per heavy atom. The Bertz CT molecular complexity index is 542. The number of carboxylic acids is 1. The summed E-state index contributed by atoms with van der Waals surface area (Å²) in [4.78, 5) is 15.3. The normalized spacial score (nSPS) is 10.7. The van der Waals surface area contributed by atoms with Crippen LogP contribution in [0.1, 0.15) is 30.0 Å². The minimum Gasteiger partial charge on any atom is -0.477 e. The zero-order valence-corrected chi connectivity index (χ0v) is 9.67. The molecular formula is C11H13N3O3. The Balaban J connectivity index is 2.60. The summed E-state index contributed by atoms with van der Waals surface area (Å²) in [6, 6.07) is 0. The third-order valence-corrected chi connectivity index (χ3v) is 2.57. The van der Waals surface area contributed by atoms with Crippen LogP contribution in [0.15, 0.2) is 16.9 Å². The summed E-state index contributed by atoms with van der Waals surface area (Å²) in [7, 11) is 0. The molecule has 0 radical (unpaired) electrons. The van der Waals surface area contributed by atoms with Gasteiger partial charge in [0.1, 0.15) is 5.56 Å². The van der Waals surface area contributed by atoms with Gasteiger partial charge >= 0.3 is 5.97 Å². The second kappa shape index (κ2) is 4.40. The average Bonchev–Trinajstić information content (AvgIpc) is 2.93. The van der Waals surface area contributed by atoms with Gasteiger partial charge in [-0.05, 0) is 6.92 Å². The van der Waals surface area contributed by atoms with Crippen LogP contribution in [0.25, 0.3) is 11.5 Å². The van der Waals surface area contributed by atoms with Gasteiger partial charge in [0.25, 0.3) is 0 Å². The number of nitrogens with zero attached hydrogens (tertiary/aromatic N) is 3. The Hall–Kier alpha value is -2.11. The van der Waals surface area contributed by atoms with E-state index in [0.29, 0.717) is 30.2 Å². The van der Waals surface area contributed by atoms with Gasteiger partial charge in [-0.3, -0.25) is 0 Å². The quantitative estimate of drug-likeness (QED) is 0.874. The molecule has 90 valence electrons. The first-order valence-corrected chi connectivity index (χ1v) is 5.42. The van der Waals surface area contributed by atoms with Gasteiger partial charge in [-0.15, -0.1) is 0 Å². The average molecular weight is 235 g/mol. The number of aromatic carboxylic acids is 1. The Morgan fingerprint density at radius 2 is 2.29 bits per heavy atom. The molecule has 6 heteroatoms. The maximum Gasteiger partial charge on any atom is 0.341 e. The molecule has 0 aliphatic heterocycles. The molecule has 0 spiro atoms. The molecule has 1 N–H and O–H groups in total. The van der Waals surface area contributed by atoms with Crippen LogP contribution in [0.3, 0.4) is 0 Å². The van der Waals surface area contributed by atoms with Crippen LogP contribution < -0.4 is 0 Å². The van der Waals surface area contributed by atoms with Gasteiger partial charge in [0, 0.05) is 25.4 Å². The van der Waals surface area contributed by atoms with E-state index in [1.54, 1.807) is 12.4 Å². The molecule has 2 aromatic rings. The van der Waals surface area contributed by atoms with E-state index in [2.05, 4.69) is 10.1 Å². The number of aromatic nitrogens is 3. The number of carbonyl (C=O) groups is 1. The fourth-order valence-corrected chi connectivity index (χ4v) is 1.72. The predicted molar refractivity (Wildman–Crippen MR) is 59.7 cm³/mol. The van der Waals surface area contributed by atoms with Crippen molar-refractivity contribution in [1.29, 1.82) is 0 Å². The van der Waals surface area contributed by atoms with Crippen LogP contribution in [0.2, 0.25) is 0 Å². The Labute approximate surface area is 97.9 Å². The topological polar surface area (TPSA) is 81.2 Å². The van der Waals surface area contributed by atoms with Gasteiger partial charge in [-0.2, -0.15) is 0 Å². The summed E-state index contributed by atoms with van der Waals surface area (Å²) in [6.45, 7) is 4.47. The molecule has 6 nitrogen and oxygen atoms in total. The standard InChI is InChI=1S/C11H13N3O3/c1-3-7-8(11(15)16)9(13-17-7)10-12-5-6-14(10)4-2/h5-6H,3-4H2,1-2H3,(H,15,16). The first-order chi connectivity index (χ1) is 8.19. The van der Waals surface area contributed by atoms with Gasteiger partial charge in [0.05, 0.1) is 0 Å². The number of rotatable bonds is 4. The second-order valence-electron chi connectivity index (χ2n) is 3.52. The summed E-state index contributed by atoms with van der Waals surface area (Å²) in [6.07, 6.45) is 3.88. The maximum atomic E-state index is 11.2. The Kier molecular flexibility index (Phi) is 2.95. The van der Waals surface area contributed by atoms with Crippen LogP contribution in [-0.4, -0.2) is 25.8 Å². The van der Waals surface area contributed by atoms with Crippen molar-refractivity contribution in [2.24, 2.45) is 0 Å². The van der Waals surface area contributed by atoms with Crippen molar-refractivity contribution in [1.82, 2.24) is 14.7 Å². The first-order valence-electron chi connectivity index (χ1n) is 5.42. The number of hydrogen-bond donors (Lipinski definition) is 1. The van der Waals surface area contributed by atoms with E-state index >= 15 is 0 Å². The van der Waals surface area contributed by atoms with Crippen LogP contribution in [0.4, 0.5) is 0 Å². The van der Waals surface area contributed by atoms with Crippen LogP contribution in [-0.2, 0) is 13.0 Å². The highest BCUT2D eigenvalue weighted by atomic mass is 16.5. The molecule has 2 aromatic heterocycles. The smallest absolute Gasteiger partial charge is 0.341 e. The van der Waals surface area contributed by atoms with E-state index in [0.717, 1.165) is 0 Å². The van der Waals surface area contributed by atoms with Gasteiger partial charge in [-0.1, -0.05) is 12.1 Å². The summed E-state index contributed by atoms with van der Waals surface area (Å²) >= 11 is 0. The largest absolute Gasteiger partial charge is 0.477 e. The van der Waals surface area contributed by atoms with E-state index in [9.17, 15) is 9.90 Å². The van der Waals surface area contributed by atoms with E-state index < -0.39 is 5.97 Å². The molecule has 0 saturated carbocycles. The molecule has 0 saturated heterocycles. The number of carboxylic acid groups (broad SMARTS) is 1. The highest BCUT2D eigenvalue weighted by Gasteiger charge is 2.24. The lowest BCUT2D eigenvalue weighted by Crippen LogP contribution is -2.04. The van der Waals surface area contributed by atoms with Crippen molar-refractivity contribution in [3.8, 4) is 11.5 Å². The highest BCUT2D eigenvalue weighted by molar-refractivity contribution is 5.94. The molecule has 0 aliphatic rings. The van der Waals surface area contributed by atoms with E-state index in [-0.39, 0.29) is 5.56 Å². The minimum atomic E-state index is -1.04. The molecule has 2 rings (SSSR count). The molecule has 0 aromatic carbocycles. The zero-order valence-electron chi connectivity index (χ0n) is 9.67. The molecule has 0 unspecified atom stereocenters. The number of imidazole rings is 1. The molecule has 2 heterocycles. The summed E-state index contributed by atoms with van der Waals surface area (Å²) < 4.78 is 6.87. The summed E-state index contributed by atoms with van der Waals surface area (Å²) in [5, 5.41) is 13.0.